The highest BCUT2D eigenvalue weighted by molar-refractivity contribution is 5.96. The summed E-state index contributed by atoms with van der Waals surface area (Å²) in [4.78, 5) is 13.0. The van der Waals surface area contributed by atoms with Gasteiger partial charge in [0.1, 0.15) is 11.5 Å². The lowest BCUT2D eigenvalue weighted by Gasteiger charge is -2.18. The molecule has 0 amide bonds. The Labute approximate surface area is 164 Å². The number of carbonyl (C=O) groups excluding carboxylic acids is 1. The zero-order valence-electron chi connectivity index (χ0n) is 16.0. The van der Waals surface area contributed by atoms with Crippen molar-refractivity contribution in [1.82, 2.24) is 9.78 Å². The van der Waals surface area contributed by atoms with Crippen molar-refractivity contribution in [2.75, 3.05) is 0 Å². The molecular weight excluding hydrogens is 353 g/mol. The van der Waals surface area contributed by atoms with Crippen molar-refractivity contribution in [1.29, 1.82) is 0 Å². The highest BCUT2D eigenvalue weighted by Gasteiger charge is 2.21. The standard InChI is InChI=1S/C23H24FN3O/c1-15-11-21(27(26-15)19-7-4-5-16(12-19)14-25)22(28)13-18-10-9-17-6-2-3-8-20(17)23(18)24/h4-5,7,9-12H,2-3,6,8,13-14,25H2,1H3. The molecule has 28 heavy (non-hydrogen) atoms. The normalized spacial score (nSPS) is 13.4. The molecule has 0 unspecified atom stereocenters. The Balaban J connectivity index is 1.66. The fourth-order valence-electron chi connectivity index (χ4n) is 3.94. The number of rotatable bonds is 5. The number of nitrogens with zero attached hydrogens (tertiary/aromatic N) is 2. The molecule has 4 rings (SSSR count). The minimum absolute atomic E-state index is 0.0286. The molecule has 0 fully saturated rings. The van der Waals surface area contributed by atoms with E-state index in [1.54, 1.807) is 16.8 Å². The van der Waals surface area contributed by atoms with Crippen molar-refractivity contribution < 1.29 is 9.18 Å². The van der Waals surface area contributed by atoms with Gasteiger partial charge in [0.2, 0.25) is 0 Å². The Morgan fingerprint density at radius 1 is 1.18 bits per heavy atom. The summed E-state index contributed by atoms with van der Waals surface area (Å²) >= 11 is 0. The van der Waals surface area contributed by atoms with Gasteiger partial charge in [-0.25, -0.2) is 9.07 Å². The quantitative estimate of drug-likeness (QED) is 0.682. The van der Waals surface area contributed by atoms with Gasteiger partial charge in [0.15, 0.2) is 5.78 Å². The van der Waals surface area contributed by atoms with E-state index < -0.39 is 0 Å². The van der Waals surface area contributed by atoms with E-state index in [1.165, 1.54) is 0 Å². The number of aromatic nitrogens is 2. The molecule has 0 radical (unpaired) electrons. The fourth-order valence-corrected chi connectivity index (χ4v) is 3.94. The Kier molecular flexibility index (Phi) is 5.09. The zero-order chi connectivity index (χ0) is 19.7. The molecule has 2 N–H and O–H groups in total. The van der Waals surface area contributed by atoms with E-state index in [4.69, 9.17) is 5.73 Å². The summed E-state index contributed by atoms with van der Waals surface area (Å²) in [7, 11) is 0. The van der Waals surface area contributed by atoms with Crippen LogP contribution in [0.2, 0.25) is 0 Å². The molecule has 1 aromatic heterocycles. The monoisotopic (exact) mass is 377 g/mol. The van der Waals surface area contributed by atoms with E-state index in [2.05, 4.69) is 5.10 Å². The summed E-state index contributed by atoms with van der Waals surface area (Å²) < 4.78 is 16.6. The zero-order valence-corrected chi connectivity index (χ0v) is 16.0. The average Bonchev–Trinajstić information content (AvgIpc) is 3.12. The van der Waals surface area contributed by atoms with Crippen LogP contribution in [0.25, 0.3) is 5.69 Å². The lowest BCUT2D eigenvalue weighted by molar-refractivity contribution is 0.0984. The van der Waals surface area contributed by atoms with Crippen LogP contribution in [-0.4, -0.2) is 15.6 Å². The van der Waals surface area contributed by atoms with Gasteiger partial charge in [0.05, 0.1) is 11.4 Å². The van der Waals surface area contributed by atoms with Crippen LogP contribution >= 0.6 is 0 Å². The first-order valence-corrected chi connectivity index (χ1v) is 9.75. The SMILES string of the molecule is Cc1cc(C(=O)Cc2ccc3c(c2F)CCCC3)n(-c2cccc(CN)c2)n1. The van der Waals surface area contributed by atoms with Crippen LogP contribution in [0.15, 0.2) is 42.5 Å². The van der Waals surface area contributed by atoms with Gasteiger partial charge in [0, 0.05) is 13.0 Å². The molecule has 1 heterocycles. The van der Waals surface area contributed by atoms with Crippen LogP contribution in [0.1, 0.15) is 51.3 Å². The van der Waals surface area contributed by atoms with E-state index in [-0.39, 0.29) is 18.0 Å². The third-order valence-corrected chi connectivity index (χ3v) is 5.40. The molecule has 0 aliphatic heterocycles. The molecule has 2 aromatic carbocycles. The van der Waals surface area contributed by atoms with Gasteiger partial charge < -0.3 is 5.73 Å². The molecule has 3 aromatic rings. The first-order valence-electron chi connectivity index (χ1n) is 9.75. The maximum Gasteiger partial charge on any atom is 0.185 e. The summed E-state index contributed by atoms with van der Waals surface area (Å²) in [5, 5.41) is 4.47. The van der Waals surface area contributed by atoms with Gasteiger partial charge >= 0.3 is 0 Å². The molecular formula is C23H24FN3O. The van der Waals surface area contributed by atoms with Gasteiger partial charge in [-0.05, 0) is 73.1 Å². The Hall–Kier alpha value is -2.79. The van der Waals surface area contributed by atoms with Crippen molar-refractivity contribution in [2.24, 2.45) is 5.73 Å². The summed E-state index contributed by atoms with van der Waals surface area (Å²) in [5.74, 6) is -0.355. The average molecular weight is 377 g/mol. The van der Waals surface area contributed by atoms with Crippen molar-refractivity contribution in [3.8, 4) is 5.69 Å². The van der Waals surface area contributed by atoms with Crippen LogP contribution < -0.4 is 5.73 Å². The van der Waals surface area contributed by atoms with Crippen LogP contribution in [0.3, 0.4) is 0 Å². The summed E-state index contributed by atoms with van der Waals surface area (Å²) in [6.45, 7) is 2.26. The van der Waals surface area contributed by atoms with Crippen molar-refractivity contribution in [3.05, 3.63) is 81.9 Å². The number of benzene rings is 2. The minimum Gasteiger partial charge on any atom is -0.326 e. The third-order valence-electron chi connectivity index (χ3n) is 5.40. The van der Waals surface area contributed by atoms with E-state index >= 15 is 0 Å². The van der Waals surface area contributed by atoms with Gasteiger partial charge in [-0.3, -0.25) is 4.79 Å². The molecule has 4 nitrogen and oxygen atoms in total. The summed E-state index contributed by atoms with van der Waals surface area (Å²) in [6, 6.07) is 13.1. The predicted molar refractivity (Wildman–Crippen MR) is 107 cm³/mol. The number of nitrogens with two attached hydrogens (primary N) is 1. The number of aryl methyl sites for hydroxylation is 2. The van der Waals surface area contributed by atoms with Gasteiger partial charge in [-0.15, -0.1) is 0 Å². The largest absolute Gasteiger partial charge is 0.326 e. The number of hydrogen-bond donors (Lipinski definition) is 1. The Morgan fingerprint density at radius 3 is 2.82 bits per heavy atom. The number of halogens is 1. The number of fused-ring (bicyclic) bond motifs is 1. The Morgan fingerprint density at radius 2 is 2.00 bits per heavy atom. The van der Waals surface area contributed by atoms with Gasteiger partial charge in [-0.1, -0.05) is 24.3 Å². The molecule has 5 heteroatoms. The summed E-state index contributed by atoms with van der Waals surface area (Å²) in [6.07, 6.45) is 3.81. The number of carbonyl (C=O) groups is 1. The first kappa shape index (κ1) is 18.6. The maximum absolute atomic E-state index is 15.0. The first-order chi connectivity index (χ1) is 13.6. The topological polar surface area (TPSA) is 60.9 Å². The molecule has 144 valence electrons. The van der Waals surface area contributed by atoms with Crippen LogP contribution in [0.4, 0.5) is 4.39 Å². The van der Waals surface area contributed by atoms with Gasteiger partial charge in [-0.2, -0.15) is 5.10 Å². The van der Waals surface area contributed by atoms with Crippen LogP contribution in [0, 0.1) is 12.7 Å². The van der Waals surface area contributed by atoms with Crippen LogP contribution in [0.5, 0.6) is 0 Å². The predicted octanol–water partition coefficient (Wildman–Crippen LogP) is 4.08. The smallest absolute Gasteiger partial charge is 0.185 e. The molecule has 0 bridgehead atoms. The molecule has 0 spiro atoms. The van der Waals surface area contributed by atoms with E-state index in [1.807, 2.05) is 37.3 Å². The number of hydrogen-bond acceptors (Lipinski definition) is 3. The Bertz CT molecular complexity index is 1040. The number of ketones is 1. The van der Waals surface area contributed by atoms with Crippen molar-refractivity contribution in [2.45, 2.75) is 45.6 Å². The third kappa shape index (κ3) is 3.50. The van der Waals surface area contributed by atoms with Crippen molar-refractivity contribution >= 4 is 5.78 Å². The molecule has 0 atom stereocenters. The second kappa shape index (κ2) is 7.68. The molecule has 0 saturated heterocycles. The molecule has 0 saturated carbocycles. The minimum atomic E-state index is -0.210. The van der Waals surface area contributed by atoms with Gasteiger partial charge in [0.25, 0.3) is 0 Å². The van der Waals surface area contributed by atoms with Crippen molar-refractivity contribution in [3.63, 3.8) is 0 Å². The lowest BCUT2D eigenvalue weighted by atomic mass is 9.89. The van der Waals surface area contributed by atoms with Crippen LogP contribution in [-0.2, 0) is 25.8 Å². The van der Waals surface area contributed by atoms with E-state index in [0.29, 0.717) is 17.8 Å². The van der Waals surface area contributed by atoms with E-state index in [9.17, 15) is 9.18 Å². The maximum atomic E-state index is 15.0. The molecule has 1 aliphatic rings. The lowest BCUT2D eigenvalue weighted by Crippen LogP contribution is -2.14. The highest BCUT2D eigenvalue weighted by Crippen LogP contribution is 2.27. The van der Waals surface area contributed by atoms with E-state index in [0.717, 1.165) is 53.8 Å². The fraction of sp³-hybridized carbons (Fsp3) is 0.304. The second-order valence-electron chi connectivity index (χ2n) is 7.44. The second-order valence-corrected chi connectivity index (χ2v) is 7.44. The summed E-state index contributed by atoms with van der Waals surface area (Å²) in [5.41, 5.74) is 11.0. The highest BCUT2D eigenvalue weighted by atomic mass is 19.1. The molecule has 1 aliphatic carbocycles. The number of Topliss-reactive ketones (excluding diaryl/α,β-unsaturated/α-hetero) is 1.